The van der Waals surface area contributed by atoms with Crippen LogP contribution in [0.5, 0.6) is 0 Å². The Bertz CT molecular complexity index is 1300. The average Bonchev–Trinajstić information content (AvgIpc) is 3.15. The third-order valence-electron chi connectivity index (χ3n) is 6.82. The molecule has 3 heterocycles. The molecule has 3 aromatic rings. The van der Waals surface area contributed by atoms with E-state index in [9.17, 15) is 13.2 Å². The molecule has 1 aliphatic heterocycles. The molecule has 0 radical (unpaired) electrons. The second-order valence-electron chi connectivity index (χ2n) is 10.0. The van der Waals surface area contributed by atoms with E-state index >= 15 is 0 Å². The van der Waals surface area contributed by atoms with Crippen LogP contribution in [0.2, 0.25) is 0 Å². The van der Waals surface area contributed by atoms with Gasteiger partial charge in [-0.1, -0.05) is 19.9 Å². The zero-order valence-corrected chi connectivity index (χ0v) is 21.6. The Morgan fingerprint density at radius 3 is 2.35 bits per heavy atom. The summed E-state index contributed by atoms with van der Waals surface area (Å²) in [5, 5.41) is 1.27. The molecule has 1 saturated heterocycles. The highest BCUT2D eigenvalue weighted by atomic mass is 32.2. The number of likely N-dealkylation sites (tertiary alicyclic amines) is 1. The Labute approximate surface area is 202 Å². The average molecular weight is 482 g/mol. The van der Waals surface area contributed by atoms with E-state index < -0.39 is 9.84 Å². The first-order valence-corrected chi connectivity index (χ1v) is 14.1. The topological polar surface area (TPSA) is 83.1 Å². The van der Waals surface area contributed by atoms with Gasteiger partial charge in [-0.3, -0.25) is 9.78 Å². The van der Waals surface area contributed by atoms with Crippen LogP contribution < -0.4 is 0 Å². The number of fused-ring (bicyclic) bond motifs is 1. The van der Waals surface area contributed by atoms with E-state index in [1.165, 1.54) is 34.0 Å². The lowest BCUT2D eigenvalue weighted by atomic mass is 9.87. The van der Waals surface area contributed by atoms with Gasteiger partial charge in [-0.25, -0.2) is 8.42 Å². The van der Waals surface area contributed by atoms with Crippen LogP contribution in [0.25, 0.3) is 22.2 Å². The number of sulfone groups is 1. The highest BCUT2D eigenvalue weighted by Crippen LogP contribution is 2.38. The van der Waals surface area contributed by atoms with Gasteiger partial charge in [0.25, 0.3) is 0 Å². The molecule has 0 bridgehead atoms. The molecule has 7 heteroatoms. The maximum absolute atomic E-state index is 12.4. The summed E-state index contributed by atoms with van der Waals surface area (Å²) in [7, 11) is -3.12. The first-order chi connectivity index (χ1) is 16.0. The Morgan fingerprint density at radius 1 is 1.12 bits per heavy atom. The van der Waals surface area contributed by atoms with Gasteiger partial charge in [0.2, 0.25) is 5.91 Å². The van der Waals surface area contributed by atoms with Crippen molar-refractivity contribution < 1.29 is 13.2 Å². The fourth-order valence-electron chi connectivity index (χ4n) is 5.18. The molecule has 0 unspecified atom stereocenters. The molecule has 1 amide bonds. The second-order valence-corrected chi connectivity index (χ2v) is 12.3. The molecular weight excluding hydrogens is 446 g/mol. The number of aryl methyl sites for hydroxylation is 2. The minimum atomic E-state index is -3.12. The largest absolute Gasteiger partial charge is 0.354 e. The van der Waals surface area contributed by atoms with E-state index in [1.807, 2.05) is 18.7 Å². The zero-order chi connectivity index (χ0) is 24.6. The number of nitrogens with one attached hydrogen (secondary N) is 1. The van der Waals surface area contributed by atoms with Crippen molar-refractivity contribution in [1.82, 2.24) is 14.9 Å². The molecule has 182 valence electrons. The summed E-state index contributed by atoms with van der Waals surface area (Å²) in [5.41, 5.74) is 8.15. The van der Waals surface area contributed by atoms with Crippen LogP contribution in [0.1, 0.15) is 67.5 Å². The number of H-pyrrole nitrogens is 1. The van der Waals surface area contributed by atoms with E-state index in [4.69, 9.17) is 0 Å². The first kappa shape index (κ1) is 24.5. The molecule has 1 aliphatic rings. The van der Waals surface area contributed by atoms with Crippen molar-refractivity contribution in [3.05, 3.63) is 52.8 Å². The van der Waals surface area contributed by atoms with E-state index in [0.29, 0.717) is 24.9 Å². The standard InChI is InChI=1S/C27H35N3O3S/c1-17(2)26-23-16-21(20-8-11-30(12-9-20)25(31)10-13-34(5,32)33)6-7-24(23)29-27(26)22-14-18(3)28-19(4)15-22/h6-7,14-17,20,29H,8-13H2,1-5H3. The Hall–Kier alpha value is -2.67. The van der Waals surface area contributed by atoms with Crippen LogP contribution in [0.4, 0.5) is 0 Å². The number of carbonyl (C=O) groups is 1. The normalized spacial score (nSPS) is 15.4. The molecular formula is C27H35N3O3S. The summed E-state index contributed by atoms with van der Waals surface area (Å²) in [6.45, 7) is 9.89. The minimum Gasteiger partial charge on any atom is -0.354 e. The lowest BCUT2D eigenvalue weighted by Crippen LogP contribution is -2.38. The maximum Gasteiger partial charge on any atom is 0.223 e. The number of carbonyl (C=O) groups excluding carboxylic acids is 1. The maximum atomic E-state index is 12.4. The van der Waals surface area contributed by atoms with Crippen molar-refractivity contribution in [3.8, 4) is 11.3 Å². The number of aromatic nitrogens is 2. The summed E-state index contributed by atoms with van der Waals surface area (Å²) in [4.78, 5) is 22.4. The molecule has 6 nitrogen and oxygen atoms in total. The quantitative estimate of drug-likeness (QED) is 0.530. The van der Waals surface area contributed by atoms with Crippen LogP contribution in [0, 0.1) is 13.8 Å². The molecule has 34 heavy (non-hydrogen) atoms. The number of nitrogens with zero attached hydrogens (tertiary/aromatic N) is 2. The Balaban J connectivity index is 1.57. The predicted octanol–water partition coefficient (Wildman–Crippen LogP) is 5.11. The van der Waals surface area contributed by atoms with Crippen LogP contribution in [-0.2, 0) is 14.6 Å². The van der Waals surface area contributed by atoms with Crippen molar-refractivity contribution in [1.29, 1.82) is 0 Å². The number of rotatable bonds is 6. The molecule has 0 saturated carbocycles. The Morgan fingerprint density at radius 2 is 1.76 bits per heavy atom. The summed E-state index contributed by atoms with van der Waals surface area (Å²) in [5.74, 6) is 0.626. The molecule has 0 atom stereocenters. The number of piperidine rings is 1. The van der Waals surface area contributed by atoms with Crippen molar-refractivity contribution in [2.75, 3.05) is 25.1 Å². The monoisotopic (exact) mass is 481 g/mol. The summed E-state index contributed by atoms with van der Waals surface area (Å²) < 4.78 is 22.8. The van der Waals surface area contributed by atoms with Gasteiger partial charge in [-0.15, -0.1) is 0 Å². The van der Waals surface area contributed by atoms with Crippen LogP contribution in [-0.4, -0.2) is 54.3 Å². The van der Waals surface area contributed by atoms with Crippen molar-refractivity contribution >= 4 is 26.6 Å². The lowest BCUT2D eigenvalue weighted by Gasteiger charge is -2.32. The van der Waals surface area contributed by atoms with E-state index in [-0.39, 0.29) is 18.1 Å². The fourth-order valence-corrected chi connectivity index (χ4v) is 5.73. The number of aromatic amines is 1. The third-order valence-corrected chi connectivity index (χ3v) is 7.76. The molecule has 1 aromatic carbocycles. The summed E-state index contributed by atoms with van der Waals surface area (Å²) >= 11 is 0. The zero-order valence-electron chi connectivity index (χ0n) is 20.8. The first-order valence-electron chi connectivity index (χ1n) is 12.1. The molecule has 1 N–H and O–H groups in total. The highest BCUT2D eigenvalue weighted by Gasteiger charge is 2.25. The molecule has 2 aromatic heterocycles. The van der Waals surface area contributed by atoms with Crippen LogP contribution in [0.3, 0.4) is 0 Å². The van der Waals surface area contributed by atoms with E-state index in [0.717, 1.165) is 29.7 Å². The Kier molecular flexibility index (Phi) is 6.85. The summed E-state index contributed by atoms with van der Waals surface area (Å²) in [6.07, 6.45) is 3.05. The van der Waals surface area contributed by atoms with Gasteiger partial charge in [0.1, 0.15) is 9.84 Å². The number of hydrogen-bond donors (Lipinski definition) is 1. The molecule has 0 aliphatic carbocycles. The smallest absolute Gasteiger partial charge is 0.223 e. The van der Waals surface area contributed by atoms with Gasteiger partial charge in [-0.2, -0.15) is 0 Å². The predicted molar refractivity (Wildman–Crippen MR) is 138 cm³/mol. The summed E-state index contributed by atoms with van der Waals surface area (Å²) in [6, 6.07) is 11.0. The van der Waals surface area contributed by atoms with Gasteiger partial charge in [0, 0.05) is 53.6 Å². The van der Waals surface area contributed by atoms with Gasteiger partial charge >= 0.3 is 0 Å². The van der Waals surface area contributed by atoms with Gasteiger partial charge < -0.3 is 9.88 Å². The van der Waals surface area contributed by atoms with Gasteiger partial charge in [0.15, 0.2) is 0 Å². The SMILES string of the molecule is Cc1cc(-c2[nH]c3ccc(C4CCN(C(=O)CCS(C)(=O)=O)CC4)cc3c2C(C)C)cc(C)n1. The number of benzene rings is 1. The van der Waals surface area contributed by atoms with Crippen LogP contribution >= 0.6 is 0 Å². The molecule has 4 rings (SSSR count). The van der Waals surface area contributed by atoms with Crippen molar-refractivity contribution in [2.24, 2.45) is 0 Å². The number of hydrogen-bond acceptors (Lipinski definition) is 4. The van der Waals surface area contributed by atoms with Crippen molar-refractivity contribution in [3.63, 3.8) is 0 Å². The lowest BCUT2D eigenvalue weighted by molar-refractivity contribution is -0.131. The minimum absolute atomic E-state index is 0.0559. The van der Waals surface area contributed by atoms with Gasteiger partial charge in [-0.05, 0) is 73.9 Å². The van der Waals surface area contributed by atoms with E-state index in [2.05, 4.69) is 54.1 Å². The number of pyridine rings is 1. The molecule has 1 fully saturated rings. The van der Waals surface area contributed by atoms with E-state index in [1.54, 1.807) is 0 Å². The number of amides is 1. The van der Waals surface area contributed by atoms with Crippen molar-refractivity contribution in [2.45, 2.75) is 58.8 Å². The highest BCUT2D eigenvalue weighted by molar-refractivity contribution is 7.90. The van der Waals surface area contributed by atoms with Gasteiger partial charge in [0.05, 0.1) is 11.4 Å². The third kappa shape index (κ3) is 5.35. The fraction of sp³-hybridized carbons (Fsp3) is 0.481. The molecule has 0 spiro atoms. The second kappa shape index (κ2) is 9.53. The van der Waals surface area contributed by atoms with Crippen LogP contribution in [0.15, 0.2) is 30.3 Å².